The lowest BCUT2D eigenvalue weighted by molar-refractivity contribution is -0.0315. The molecule has 3 heterocycles. The SMILES string of the molecule is Cc1ccc(OCc2ccc(C(=O)N3CCCCC3)cc2C)c(-c2nc(N3C[C@H]4CC[C@@H](C3)C4COCO)sc2F)c1. The Labute approximate surface area is 251 Å². The predicted octanol–water partition coefficient (Wildman–Crippen LogP) is 6.20. The molecule has 2 saturated heterocycles. The van der Waals surface area contributed by atoms with Gasteiger partial charge in [-0.2, -0.15) is 4.39 Å². The first-order valence-electron chi connectivity index (χ1n) is 15.1. The van der Waals surface area contributed by atoms with Crippen LogP contribution >= 0.6 is 11.3 Å². The van der Waals surface area contributed by atoms with Crippen LogP contribution in [0.15, 0.2) is 36.4 Å². The Kier molecular flexibility index (Phi) is 8.79. The van der Waals surface area contributed by atoms with E-state index in [1.165, 1.54) is 6.42 Å². The maximum atomic E-state index is 15.5. The zero-order valence-corrected chi connectivity index (χ0v) is 25.3. The third-order valence-electron chi connectivity index (χ3n) is 9.28. The second-order valence-electron chi connectivity index (χ2n) is 12.1. The molecule has 1 saturated carbocycles. The van der Waals surface area contributed by atoms with E-state index >= 15 is 4.39 Å². The molecule has 1 aliphatic carbocycles. The highest BCUT2D eigenvalue weighted by Gasteiger charge is 2.43. The van der Waals surface area contributed by atoms with Crippen LogP contribution in [0.4, 0.5) is 9.52 Å². The summed E-state index contributed by atoms with van der Waals surface area (Å²) in [7, 11) is 0. The first kappa shape index (κ1) is 29.1. The number of ether oxygens (including phenoxy) is 2. The molecule has 1 N–H and O–H groups in total. The Balaban J connectivity index is 1.17. The summed E-state index contributed by atoms with van der Waals surface area (Å²) in [6.45, 7) is 7.94. The highest BCUT2D eigenvalue weighted by Crippen LogP contribution is 2.45. The molecule has 3 aliphatic rings. The van der Waals surface area contributed by atoms with Gasteiger partial charge in [0, 0.05) is 37.3 Å². The van der Waals surface area contributed by atoms with Gasteiger partial charge in [-0.05, 0) is 99.1 Å². The molecule has 3 atom stereocenters. The Hall–Kier alpha value is -3.01. The van der Waals surface area contributed by atoms with Crippen LogP contribution in [0.25, 0.3) is 11.3 Å². The Morgan fingerprint density at radius 2 is 1.83 bits per heavy atom. The number of likely N-dealkylation sites (tertiary alicyclic amines) is 1. The van der Waals surface area contributed by atoms with E-state index in [2.05, 4.69) is 4.90 Å². The largest absolute Gasteiger partial charge is 0.488 e. The maximum Gasteiger partial charge on any atom is 0.253 e. The van der Waals surface area contributed by atoms with Crippen molar-refractivity contribution in [1.29, 1.82) is 0 Å². The van der Waals surface area contributed by atoms with Gasteiger partial charge in [-0.15, -0.1) is 0 Å². The van der Waals surface area contributed by atoms with Crippen molar-refractivity contribution in [2.45, 2.75) is 52.6 Å². The zero-order valence-electron chi connectivity index (χ0n) is 24.5. The average Bonchev–Trinajstić information content (AvgIpc) is 3.50. The lowest BCUT2D eigenvalue weighted by Gasteiger charge is -2.37. The van der Waals surface area contributed by atoms with Gasteiger partial charge in [-0.25, -0.2) is 4.98 Å². The van der Waals surface area contributed by atoms with Gasteiger partial charge >= 0.3 is 0 Å². The first-order valence-corrected chi connectivity index (χ1v) is 16.0. The van der Waals surface area contributed by atoms with Gasteiger partial charge in [0.1, 0.15) is 24.8 Å². The van der Waals surface area contributed by atoms with Crippen LogP contribution in [0.1, 0.15) is 59.2 Å². The van der Waals surface area contributed by atoms with Crippen molar-refractivity contribution in [3.63, 3.8) is 0 Å². The molecule has 42 heavy (non-hydrogen) atoms. The van der Waals surface area contributed by atoms with Gasteiger partial charge < -0.3 is 24.4 Å². The summed E-state index contributed by atoms with van der Waals surface area (Å²) in [6, 6.07) is 11.6. The minimum Gasteiger partial charge on any atom is -0.488 e. The maximum absolute atomic E-state index is 15.5. The van der Waals surface area contributed by atoms with E-state index in [9.17, 15) is 4.79 Å². The number of hydrogen-bond acceptors (Lipinski definition) is 7. The van der Waals surface area contributed by atoms with Gasteiger partial charge in [0.05, 0.1) is 6.61 Å². The second-order valence-corrected chi connectivity index (χ2v) is 13.0. The van der Waals surface area contributed by atoms with Crippen molar-refractivity contribution in [1.82, 2.24) is 9.88 Å². The molecule has 224 valence electrons. The number of carbonyl (C=O) groups excluding carboxylic acids is 1. The quantitative estimate of drug-likeness (QED) is 0.298. The topological polar surface area (TPSA) is 75.1 Å². The van der Waals surface area contributed by atoms with E-state index < -0.39 is 0 Å². The number of amides is 1. The number of piperidine rings is 2. The van der Waals surface area contributed by atoms with Gasteiger partial charge in [-0.1, -0.05) is 29.0 Å². The van der Waals surface area contributed by atoms with Gasteiger partial charge in [0.15, 0.2) is 5.13 Å². The summed E-state index contributed by atoms with van der Waals surface area (Å²) in [5.41, 5.74) is 4.68. The van der Waals surface area contributed by atoms with Crippen LogP contribution < -0.4 is 9.64 Å². The lowest BCUT2D eigenvalue weighted by Crippen LogP contribution is -2.43. The number of aromatic nitrogens is 1. The molecule has 2 aliphatic heterocycles. The normalized spacial score (nSPS) is 22.0. The highest BCUT2D eigenvalue weighted by atomic mass is 32.1. The van der Waals surface area contributed by atoms with Gasteiger partial charge in [-0.3, -0.25) is 4.79 Å². The van der Waals surface area contributed by atoms with Gasteiger partial charge in [0.25, 0.3) is 5.91 Å². The Morgan fingerprint density at radius 1 is 1.07 bits per heavy atom. The van der Waals surface area contributed by atoms with E-state index in [1.807, 2.05) is 55.1 Å². The fourth-order valence-corrected chi connectivity index (χ4v) is 7.75. The summed E-state index contributed by atoms with van der Waals surface area (Å²) in [4.78, 5) is 21.9. The number of carbonyl (C=O) groups is 1. The second kappa shape index (κ2) is 12.7. The van der Waals surface area contributed by atoms with Gasteiger partial charge in [0.2, 0.25) is 5.13 Å². The number of nitrogens with zero attached hydrogens (tertiary/aromatic N) is 3. The van der Waals surface area contributed by atoms with Crippen LogP contribution in [0.2, 0.25) is 0 Å². The monoisotopic (exact) mass is 593 g/mol. The highest BCUT2D eigenvalue weighted by molar-refractivity contribution is 7.14. The number of rotatable bonds is 9. The molecular weight excluding hydrogens is 553 g/mol. The molecule has 7 nitrogen and oxygen atoms in total. The Morgan fingerprint density at radius 3 is 2.55 bits per heavy atom. The third-order valence-corrected chi connectivity index (χ3v) is 10.2. The first-order chi connectivity index (χ1) is 20.4. The van der Waals surface area contributed by atoms with Crippen molar-refractivity contribution in [2.75, 3.05) is 44.5 Å². The third kappa shape index (κ3) is 6.05. The van der Waals surface area contributed by atoms with E-state index in [-0.39, 0.29) is 17.8 Å². The molecule has 6 rings (SSSR count). The van der Waals surface area contributed by atoms with Crippen LogP contribution in [0.3, 0.4) is 0 Å². The molecule has 2 bridgehead atoms. The molecule has 0 spiro atoms. The number of thiazole rings is 1. The fourth-order valence-electron chi connectivity index (χ4n) is 6.93. The zero-order chi connectivity index (χ0) is 29.2. The molecule has 3 fully saturated rings. The fraction of sp³-hybridized carbons (Fsp3) is 0.515. The number of anilines is 1. The number of aliphatic hydroxyl groups excluding tert-OH is 1. The number of hydrogen-bond donors (Lipinski definition) is 1. The van der Waals surface area contributed by atoms with E-state index in [4.69, 9.17) is 19.6 Å². The van der Waals surface area contributed by atoms with Crippen LogP contribution in [-0.2, 0) is 11.3 Å². The van der Waals surface area contributed by atoms with Crippen LogP contribution in [-0.4, -0.2) is 60.5 Å². The number of aryl methyl sites for hydroxylation is 2. The predicted molar refractivity (Wildman–Crippen MR) is 162 cm³/mol. The van der Waals surface area contributed by atoms with E-state index in [0.29, 0.717) is 58.7 Å². The number of halogens is 1. The number of fused-ring (bicyclic) bond motifs is 2. The van der Waals surface area contributed by atoms with Crippen molar-refractivity contribution in [2.24, 2.45) is 17.8 Å². The Bertz CT molecular complexity index is 1410. The summed E-state index contributed by atoms with van der Waals surface area (Å²) in [6.07, 6.45) is 5.58. The smallest absolute Gasteiger partial charge is 0.253 e. The van der Waals surface area contributed by atoms with E-state index in [1.54, 1.807) is 0 Å². The molecular formula is C33H40FN3O4S. The molecule has 9 heteroatoms. The molecule has 0 radical (unpaired) electrons. The molecule has 1 aromatic heterocycles. The van der Waals surface area contributed by atoms with E-state index in [0.717, 1.165) is 79.9 Å². The molecule has 3 aromatic rings. The van der Waals surface area contributed by atoms with Crippen molar-refractivity contribution in [3.05, 3.63) is 63.8 Å². The summed E-state index contributed by atoms with van der Waals surface area (Å²) >= 11 is 1.10. The summed E-state index contributed by atoms with van der Waals surface area (Å²) < 4.78 is 27.1. The van der Waals surface area contributed by atoms with Crippen molar-refractivity contribution < 1.29 is 23.8 Å². The van der Waals surface area contributed by atoms with Crippen LogP contribution in [0, 0.1) is 36.7 Å². The molecule has 2 aromatic carbocycles. The van der Waals surface area contributed by atoms with Crippen molar-refractivity contribution >= 4 is 22.4 Å². The minimum absolute atomic E-state index is 0.0941. The summed E-state index contributed by atoms with van der Waals surface area (Å²) in [5, 5.41) is 9.49. The lowest BCUT2D eigenvalue weighted by atomic mass is 9.86. The molecule has 1 amide bonds. The standard InChI is InChI=1S/C33H40FN3O4S/c1-21-6-11-29(41-18-26-10-7-23(15-22(26)2)32(39)36-12-4-3-5-13-36)27(14-21)30-31(34)42-33(35-30)37-16-24-8-9-25(17-37)28(24)19-40-20-38/h6-7,10-11,14-15,24-25,28,38H,3-5,8-9,12-13,16-20H2,1-2H3/t24-,25+,28?. The minimum atomic E-state index is -0.310. The average molecular weight is 594 g/mol. The van der Waals surface area contributed by atoms with Crippen LogP contribution in [0.5, 0.6) is 5.75 Å². The number of benzene rings is 2. The number of aliphatic hydroxyl groups is 1. The molecule has 1 unspecified atom stereocenters. The summed E-state index contributed by atoms with van der Waals surface area (Å²) in [5.74, 6) is 2.05. The van der Waals surface area contributed by atoms with Crippen molar-refractivity contribution in [3.8, 4) is 17.0 Å².